The fourth-order valence-electron chi connectivity index (χ4n) is 5.29. The minimum atomic E-state index is -0.680. The second-order valence-corrected chi connectivity index (χ2v) is 9.85. The van der Waals surface area contributed by atoms with E-state index in [0.717, 1.165) is 41.9 Å². The van der Waals surface area contributed by atoms with E-state index in [0.29, 0.717) is 42.4 Å². The van der Waals surface area contributed by atoms with E-state index in [-0.39, 0.29) is 17.8 Å². The minimum absolute atomic E-state index is 0.159. The molecule has 1 amide bonds. The molecule has 1 saturated carbocycles. The number of aromatic nitrogens is 3. The number of carbonyl (C=O) groups is 1. The maximum absolute atomic E-state index is 13.6. The van der Waals surface area contributed by atoms with Crippen molar-refractivity contribution in [1.82, 2.24) is 19.7 Å². The molecule has 3 aliphatic rings. The van der Waals surface area contributed by atoms with Crippen molar-refractivity contribution in [2.45, 2.75) is 31.1 Å². The lowest BCUT2D eigenvalue weighted by Gasteiger charge is -2.36. The van der Waals surface area contributed by atoms with Gasteiger partial charge < -0.3 is 25.4 Å². The predicted octanol–water partition coefficient (Wildman–Crippen LogP) is 3.25. The molecule has 3 aromatic heterocycles. The largest absolute Gasteiger partial charge is 0.387 e. The zero-order valence-electron chi connectivity index (χ0n) is 19.9. The van der Waals surface area contributed by atoms with E-state index in [4.69, 9.17) is 4.74 Å². The lowest BCUT2D eigenvalue weighted by molar-refractivity contribution is -0.0586. The molecule has 7 rings (SSSR count). The van der Waals surface area contributed by atoms with Gasteiger partial charge in [-0.05, 0) is 42.7 Å². The Kier molecular flexibility index (Phi) is 4.95. The van der Waals surface area contributed by atoms with Gasteiger partial charge in [-0.2, -0.15) is 0 Å². The highest BCUT2D eigenvalue weighted by atomic mass is 19.1. The molecule has 0 radical (unpaired) electrons. The second kappa shape index (κ2) is 8.25. The van der Waals surface area contributed by atoms with Gasteiger partial charge in [-0.1, -0.05) is 6.07 Å². The van der Waals surface area contributed by atoms with E-state index < -0.39 is 5.60 Å². The maximum Gasteiger partial charge on any atom is 0.254 e. The van der Waals surface area contributed by atoms with Crippen molar-refractivity contribution in [3.8, 4) is 11.3 Å². The van der Waals surface area contributed by atoms with Gasteiger partial charge >= 0.3 is 0 Å². The smallest absolute Gasteiger partial charge is 0.254 e. The molecule has 10 heteroatoms. The van der Waals surface area contributed by atoms with Crippen LogP contribution in [0.4, 0.5) is 21.6 Å². The Labute approximate surface area is 211 Å². The first kappa shape index (κ1) is 22.2. The summed E-state index contributed by atoms with van der Waals surface area (Å²) in [6.07, 6.45) is 6.54. The summed E-state index contributed by atoms with van der Waals surface area (Å²) in [6, 6.07) is 10.4. The van der Waals surface area contributed by atoms with Gasteiger partial charge in [0.25, 0.3) is 5.91 Å². The van der Waals surface area contributed by atoms with Crippen molar-refractivity contribution in [3.63, 3.8) is 0 Å². The van der Waals surface area contributed by atoms with Crippen LogP contribution < -0.4 is 15.5 Å². The number of rotatable bonds is 5. The molecular formula is C27H25FN6O3. The topological polar surface area (TPSA) is 104 Å². The molecule has 2 aliphatic heterocycles. The standard InChI is InChI=1S/C27H25FN6O3/c28-16-5-8-34-21(14-30-24(34)11-16)18-2-3-20(25-19(18)13-31-26(25)35)32-23-4-1-17(12-29-23)33-9-10-37-22(15-33)27(36)6-7-27/h1-5,8,11-12,14,22,36H,6-7,9-10,13,15H2,(H,29,32)(H,31,35). The lowest BCUT2D eigenvalue weighted by Crippen LogP contribution is -2.48. The van der Waals surface area contributed by atoms with Crippen LogP contribution in [0.3, 0.4) is 0 Å². The minimum Gasteiger partial charge on any atom is -0.387 e. The van der Waals surface area contributed by atoms with Crippen molar-refractivity contribution in [2.24, 2.45) is 0 Å². The summed E-state index contributed by atoms with van der Waals surface area (Å²) < 4.78 is 21.2. The first-order valence-electron chi connectivity index (χ1n) is 12.4. The Balaban J connectivity index is 1.16. The lowest BCUT2D eigenvalue weighted by atomic mass is 9.99. The van der Waals surface area contributed by atoms with Gasteiger partial charge in [-0.25, -0.2) is 14.4 Å². The molecule has 3 N–H and O–H groups in total. The summed E-state index contributed by atoms with van der Waals surface area (Å²) >= 11 is 0. The molecule has 9 nitrogen and oxygen atoms in total. The van der Waals surface area contributed by atoms with Gasteiger partial charge in [0.15, 0.2) is 0 Å². The number of fused-ring (bicyclic) bond motifs is 2. The third kappa shape index (κ3) is 3.80. The van der Waals surface area contributed by atoms with Crippen LogP contribution in [0.25, 0.3) is 16.9 Å². The van der Waals surface area contributed by atoms with E-state index in [1.165, 1.54) is 12.1 Å². The van der Waals surface area contributed by atoms with E-state index >= 15 is 0 Å². The number of amides is 1. The molecule has 1 aliphatic carbocycles. The van der Waals surface area contributed by atoms with Crippen LogP contribution in [0, 0.1) is 5.82 Å². The van der Waals surface area contributed by atoms with Crippen molar-refractivity contribution < 1.29 is 19.0 Å². The van der Waals surface area contributed by atoms with Crippen LogP contribution in [0.15, 0.2) is 55.0 Å². The zero-order valence-corrected chi connectivity index (χ0v) is 19.9. The number of hydrogen-bond acceptors (Lipinski definition) is 7. The van der Waals surface area contributed by atoms with E-state index in [1.54, 1.807) is 18.6 Å². The molecule has 1 saturated heterocycles. The highest BCUT2D eigenvalue weighted by molar-refractivity contribution is 6.06. The second-order valence-electron chi connectivity index (χ2n) is 9.85. The molecule has 188 valence electrons. The van der Waals surface area contributed by atoms with Gasteiger partial charge in [0, 0.05) is 37.5 Å². The van der Waals surface area contributed by atoms with Crippen molar-refractivity contribution in [3.05, 3.63) is 71.9 Å². The molecular weight excluding hydrogens is 475 g/mol. The summed E-state index contributed by atoms with van der Waals surface area (Å²) in [5, 5.41) is 16.7. The predicted molar refractivity (Wildman–Crippen MR) is 135 cm³/mol. The number of nitrogens with zero attached hydrogens (tertiary/aromatic N) is 4. The summed E-state index contributed by atoms with van der Waals surface area (Å²) in [6.45, 7) is 2.34. The fraction of sp³-hybridized carbons (Fsp3) is 0.296. The van der Waals surface area contributed by atoms with E-state index in [1.807, 2.05) is 28.7 Å². The molecule has 5 heterocycles. The quantitative estimate of drug-likeness (QED) is 0.387. The SMILES string of the molecule is O=C1NCc2c(-c3cnc4cc(F)ccn34)ccc(Nc3ccc(N4CCOC(C5(O)CC5)C4)cn3)c21. The number of morpholine rings is 1. The summed E-state index contributed by atoms with van der Waals surface area (Å²) in [5.41, 5.74) is 4.52. The number of benzene rings is 1. The number of nitrogens with one attached hydrogen (secondary N) is 2. The van der Waals surface area contributed by atoms with Crippen molar-refractivity contribution >= 4 is 28.7 Å². The van der Waals surface area contributed by atoms with Crippen LogP contribution in [-0.4, -0.2) is 56.8 Å². The van der Waals surface area contributed by atoms with E-state index in [9.17, 15) is 14.3 Å². The Morgan fingerprint density at radius 1 is 1.16 bits per heavy atom. The number of ether oxygens (including phenoxy) is 1. The maximum atomic E-state index is 13.6. The van der Waals surface area contributed by atoms with Crippen LogP contribution >= 0.6 is 0 Å². The molecule has 1 aromatic carbocycles. The Hall–Kier alpha value is -4.02. The molecule has 4 aromatic rings. The third-order valence-corrected chi connectivity index (χ3v) is 7.52. The first-order valence-corrected chi connectivity index (χ1v) is 12.4. The van der Waals surface area contributed by atoms with Crippen molar-refractivity contribution in [2.75, 3.05) is 29.9 Å². The summed E-state index contributed by atoms with van der Waals surface area (Å²) in [5.74, 6) is 0.112. The van der Waals surface area contributed by atoms with Crippen LogP contribution in [0.2, 0.25) is 0 Å². The van der Waals surface area contributed by atoms with Gasteiger partial charge in [0.05, 0.1) is 47.2 Å². The van der Waals surface area contributed by atoms with Gasteiger partial charge in [0.2, 0.25) is 0 Å². The number of halogens is 1. The normalized spacial score (nSPS) is 20.1. The fourth-order valence-corrected chi connectivity index (χ4v) is 5.29. The third-order valence-electron chi connectivity index (χ3n) is 7.52. The van der Waals surface area contributed by atoms with Crippen LogP contribution in [-0.2, 0) is 11.3 Å². The molecule has 0 bridgehead atoms. The van der Waals surface area contributed by atoms with E-state index in [2.05, 4.69) is 25.5 Å². The molecule has 0 spiro atoms. The average molecular weight is 501 g/mol. The van der Waals surface area contributed by atoms with Crippen LogP contribution in [0.1, 0.15) is 28.8 Å². The molecule has 37 heavy (non-hydrogen) atoms. The Bertz CT molecular complexity index is 1530. The van der Waals surface area contributed by atoms with Gasteiger partial charge in [-0.15, -0.1) is 0 Å². The number of anilines is 3. The van der Waals surface area contributed by atoms with Gasteiger partial charge in [0.1, 0.15) is 23.4 Å². The van der Waals surface area contributed by atoms with Crippen molar-refractivity contribution in [1.29, 1.82) is 0 Å². The highest BCUT2D eigenvalue weighted by Crippen LogP contribution is 2.41. The first-order chi connectivity index (χ1) is 18.0. The summed E-state index contributed by atoms with van der Waals surface area (Å²) in [7, 11) is 0. The molecule has 1 unspecified atom stereocenters. The Morgan fingerprint density at radius 2 is 2.05 bits per heavy atom. The zero-order chi connectivity index (χ0) is 25.1. The molecule has 2 fully saturated rings. The summed E-state index contributed by atoms with van der Waals surface area (Å²) in [4.78, 5) is 23.9. The van der Waals surface area contributed by atoms with Gasteiger partial charge in [-0.3, -0.25) is 9.20 Å². The number of imidazole rings is 1. The number of pyridine rings is 2. The number of hydrogen-bond donors (Lipinski definition) is 3. The Morgan fingerprint density at radius 3 is 2.86 bits per heavy atom. The highest BCUT2D eigenvalue weighted by Gasteiger charge is 2.50. The number of aliphatic hydroxyl groups is 1. The monoisotopic (exact) mass is 500 g/mol. The number of carbonyl (C=O) groups excluding carboxylic acids is 1. The molecule has 1 atom stereocenters. The van der Waals surface area contributed by atoms with Crippen LogP contribution in [0.5, 0.6) is 0 Å². The average Bonchev–Trinajstić information content (AvgIpc) is 3.35.